The molecule has 1 fully saturated rings. The molecule has 0 N–H and O–H groups in total. The molecule has 0 radical (unpaired) electrons. The molecule has 1 aromatic rings. The summed E-state index contributed by atoms with van der Waals surface area (Å²) in [4.78, 5) is 13.6. The number of ether oxygens (including phenoxy) is 1. The number of sulfone groups is 1. The first-order valence-corrected chi connectivity index (χ1v) is 8.94. The number of halogens is 2. The number of benzene rings is 1. The van der Waals surface area contributed by atoms with E-state index in [1.54, 1.807) is 4.90 Å². The summed E-state index contributed by atoms with van der Waals surface area (Å²) in [5.41, 5.74) is 0.0866. The molecule has 1 amide bonds. The van der Waals surface area contributed by atoms with Crippen LogP contribution in [0.4, 0.5) is 8.78 Å². The molecule has 1 aromatic carbocycles. The van der Waals surface area contributed by atoms with Crippen LogP contribution >= 0.6 is 0 Å². The van der Waals surface area contributed by atoms with Gasteiger partial charge in [0.1, 0.15) is 0 Å². The van der Waals surface area contributed by atoms with Crippen LogP contribution in [0, 0.1) is 0 Å². The van der Waals surface area contributed by atoms with E-state index in [-0.39, 0.29) is 17.6 Å². The van der Waals surface area contributed by atoms with Crippen LogP contribution in [0.3, 0.4) is 0 Å². The summed E-state index contributed by atoms with van der Waals surface area (Å²) in [6.45, 7) is 3.40. The third kappa shape index (κ3) is 4.06. The highest BCUT2D eigenvalue weighted by molar-refractivity contribution is 7.91. The van der Waals surface area contributed by atoms with Crippen molar-refractivity contribution in [2.75, 3.05) is 19.7 Å². The van der Waals surface area contributed by atoms with Gasteiger partial charge in [0.05, 0.1) is 11.0 Å². The van der Waals surface area contributed by atoms with Crippen molar-refractivity contribution in [1.29, 1.82) is 0 Å². The van der Waals surface area contributed by atoms with Gasteiger partial charge in [-0.15, -0.1) is 0 Å². The molecule has 0 spiro atoms. The van der Waals surface area contributed by atoms with E-state index in [1.165, 1.54) is 12.1 Å². The maximum atomic E-state index is 12.6. The summed E-state index contributed by atoms with van der Waals surface area (Å²) < 4.78 is 53.9. The summed E-state index contributed by atoms with van der Waals surface area (Å²) in [7, 11) is -4.72. The number of carbonyl (C=O) groups is 1. The predicted octanol–water partition coefficient (Wildman–Crippen LogP) is 2.32. The SMILES string of the molecule is CC[C@H]1CN(C(=O)c2cccc(S(=O)(=O)C(F)F)c2)CCCO1. The first-order valence-electron chi connectivity index (χ1n) is 7.39. The number of amides is 1. The van der Waals surface area contributed by atoms with Gasteiger partial charge in [-0.05, 0) is 31.0 Å². The molecule has 128 valence electrons. The second-order valence-electron chi connectivity index (χ2n) is 5.34. The molecular formula is C15H19F2NO4S. The molecule has 0 unspecified atom stereocenters. The van der Waals surface area contributed by atoms with Crippen molar-refractivity contribution in [3.8, 4) is 0 Å². The number of hydrogen-bond donors (Lipinski definition) is 0. The van der Waals surface area contributed by atoms with Crippen molar-refractivity contribution in [2.24, 2.45) is 0 Å². The molecule has 0 aliphatic carbocycles. The fraction of sp³-hybridized carbons (Fsp3) is 0.533. The molecular weight excluding hydrogens is 328 g/mol. The lowest BCUT2D eigenvalue weighted by molar-refractivity contribution is 0.0460. The van der Waals surface area contributed by atoms with Gasteiger partial charge in [-0.1, -0.05) is 13.0 Å². The van der Waals surface area contributed by atoms with Gasteiger partial charge in [0.25, 0.3) is 5.91 Å². The van der Waals surface area contributed by atoms with Gasteiger partial charge in [-0.3, -0.25) is 4.79 Å². The Hall–Kier alpha value is -1.54. The monoisotopic (exact) mass is 347 g/mol. The number of hydrogen-bond acceptors (Lipinski definition) is 4. The smallest absolute Gasteiger partial charge is 0.341 e. The minimum atomic E-state index is -4.72. The van der Waals surface area contributed by atoms with E-state index in [9.17, 15) is 22.0 Å². The summed E-state index contributed by atoms with van der Waals surface area (Å²) in [6.07, 6.45) is 1.36. The van der Waals surface area contributed by atoms with Gasteiger partial charge in [0.2, 0.25) is 9.84 Å². The first-order chi connectivity index (χ1) is 10.9. The van der Waals surface area contributed by atoms with Gasteiger partial charge < -0.3 is 9.64 Å². The molecule has 1 saturated heterocycles. The van der Waals surface area contributed by atoms with Crippen molar-refractivity contribution in [3.63, 3.8) is 0 Å². The van der Waals surface area contributed by atoms with E-state index in [2.05, 4.69) is 0 Å². The molecule has 1 aliphatic heterocycles. The van der Waals surface area contributed by atoms with E-state index in [0.717, 1.165) is 18.6 Å². The third-order valence-electron chi connectivity index (χ3n) is 3.74. The van der Waals surface area contributed by atoms with Crippen LogP contribution in [0.2, 0.25) is 0 Å². The van der Waals surface area contributed by atoms with Crippen LogP contribution in [0.15, 0.2) is 29.2 Å². The zero-order valence-corrected chi connectivity index (χ0v) is 13.6. The summed E-state index contributed by atoms with van der Waals surface area (Å²) in [5.74, 6) is -3.89. The highest BCUT2D eigenvalue weighted by Gasteiger charge is 2.28. The topological polar surface area (TPSA) is 63.7 Å². The number of rotatable bonds is 4. The maximum absolute atomic E-state index is 12.6. The van der Waals surface area contributed by atoms with Crippen LogP contribution in [0.5, 0.6) is 0 Å². The van der Waals surface area contributed by atoms with E-state index in [0.29, 0.717) is 26.1 Å². The average molecular weight is 347 g/mol. The van der Waals surface area contributed by atoms with Crippen molar-refractivity contribution in [3.05, 3.63) is 29.8 Å². The number of nitrogens with zero attached hydrogens (tertiary/aromatic N) is 1. The molecule has 0 saturated carbocycles. The van der Waals surface area contributed by atoms with E-state index in [1.807, 2.05) is 6.92 Å². The van der Waals surface area contributed by atoms with Crippen LogP contribution in [0.25, 0.3) is 0 Å². The Balaban J connectivity index is 2.26. The summed E-state index contributed by atoms with van der Waals surface area (Å²) in [5, 5.41) is 0. The number of carbonyl (C=O) groups excluding carboxylic acids is 1. The minimum absolute atomic E-state index is 0.0746. The Morgan fingerprint density at radius 3 is 2.83 bits per heavy atom. The highest BCUT2D eigenvalue weighted by Crippen LogP contribution is 2.21. The quantitative estimate of drug-likeness (QED) is 0.839. The molecule has 8 heteroatoms. The van der Waals surface area contributed by atoms with Gasteiger partial charge >= 0.3 is 5.76 Å². The molecule has 2 rings (SSSR count). The zero-order valence-electron chi connectivity index (χ0n) is 12.7. The molecule has 1 heterocycles. The van der Waals surface area contributed by atoms with Crippen LogP contribution in [0.1, 0.15) is 30.1 Å². The lowest BCUT2D eigenvalue weighted by atomic mass is 10.1. The molecule has 1 aliphatic rings. The first kappa shape index (κ1) is 17.8. The van der Waals surface area contributed by atoms with Crippen molar-refractivity contribution >= 4 is 15.7 Å². The number of alkyl halides is 2. The molecule has 23 heavy (non-hydrogen) atoms. The van der Waals surface area contributed by atoms with E-state index >= 15 is 0 Å². The van der Waals surface area contributed by atoms with E-state index < -0.39 is 20.5 Å². The van der Waals surface area contributed by atoms with Crippen molar-refractivity contribution < 1.29 is 26.7 Å². The van der Waals surface area contributed by atoms with Crippen LogP contribution < -0.4 is 0 Å². The molecule has 5 nitrogen and oxygen atoms in total. The molecule has 0 bridgehead atoms. The Bertz CT molecular complexity index is 663. The van der Waals surface area contributed by atoms with Crippen molar-refractivity contribution in [1.82, 2.24) is 4.90 Å². The van der Waals surface area contributed by atoms with Crippen LogP contribution in [-0.2, 0) is 14.6 Å². The molecule has 0 aromatic heterocycles. The maximum Gasteiger partial charge on any atom is 0.341 e. The van der Waals surface area contributed by atoms with Gasteiger partial charge in [-0.2, -0.15) is 8.78 Å². The van der Waals surface area contributed by atoms with E-state index in [4.69, 9.17) is 4.74 Å². The lowest BCUT2D eigenvalue weighted by Crippen LogP contribution is -2.36. The fourth-order valence-electron chi connectivity index (χ4n) is 2.42. The summed E-state index contributed by atoms with van der Waals surface area (Å²) in [6, 6.07) is 4.81. The third-order valence-corrected chi connectivity index (χ3v) is 5.12. The van der Waals surface area contributed by atoms with Gasteiger partial charge in [0.15, 0.2) is 0 Å². The second-order valence-corrected chi connectivity index (χ2v) is 7.26. The average Bonchev–Trinajstić information content (AvgIpc) is 2.79. The van der Waals surface area contributed by atoms with Crippen LogP contribution in [-0.4, -0.2) is 50.8 Å². The van der Waals surface area contributed by atoms with Gasteiger partial charge in [0, 0.05) is 25.3 Å². The molecule has 1 atom stereocenters. The predicted molar refractivity (Wildman–Crippen MR) is 80.2 cm³/mol. The largest absolute Gasteiger partial charge is 0.376 e. The Labute approximate surface area is 134 Å². The van der Waals surface area contributed by atoms with Crippen molar-refractivity contribution in [2.45, 2.75) is 36.5 Å². The van der Waals surface area contributed by atoms with Gasteiger partial charge in [-0.25, -0.2) is 8.42 Å². The second kappa shape index (κ2) is 7.35. The Morgan fingerprint density at radius 2 is 2.17 bits per heavy atom. The minimum Gasteiger partial charge on any atom is -0.376 e. The normalized spacial score (nSPS) is 19.7. The Kier molecular flexibility index (Phi) is 5.69. The standard InChI is InChI=1S/C15H19F2NO4S/c1-2-12-10-18(7-4-8-22-12)14(19)11-5-3-6-13(9-11)23(20,21)15(16)17/h3,5-6,9,12,15H,2,4,7-8,10H2,1H3/t12-/m0/s1. The summed E-state index contributed by atoms with van der Waals surface area (Å²) >= 11 is 0. The highest BCUT2D eigenvalue weighted by atomic mass is 32.2. The zero-order chi connectivity index (χ0) is 17.0. The Morgan fingerprint density at radius 1 is 1.43 bits per heavy atom. The lowest BCUT2D eigenvalue weighted by Gasteiger charge is -2.23. The fourth-order valence-corrected chi connectivity index (χ4v) is 3.18.